The Balaban J connectivity index is 1.51. The Hall–Kier alpha value is -2.29. The van der Waals surface area contributed by atoms with E-state index in [1.165, 1.54) is 12.1 Å². The van der Waals surface area contributed by atoms with E-state index in [4.69, 9.17) is 14.2 Å². The van der Waals surface area contributed by atoms with E-state index < -0.39 is 34.4 Å². The molecule has 1 unspecified atom stereocenters. The summed E-state index contributed by atoms with van der Waals surface area (Å²) in [5.41, 5.74) is 0.246. The normalized spacial score (nSPS) is 21.1. The highest BCUT2D eigenvalue weighted by atomic mass is 32.2. The Morgan fingerprint density at radius 1 is 1.21 bits per heavy atom. The predicted octanol–water partition coefficient (Wildman–Crippen LogP) is -0.0821. The molecule has 1 amide bonds. The number of hydrogen-bond donors (Lipinski definition) is 1. The van der Waals surface area contributed by atoms with Gasteiger partial charge in [-0.2, -0.15) is 0 Å². The van der Waals surface area contributed by atoms with Crippen LogP contribution in [0.5, 0.6) is 11.5 Å². The first kappa shape index (κ1) is 16.6. The van der Waals surface area contributed by atoms with E-state index in [9.17, 15) is 18.0 Å². The third-order valence-electron chi connectivity index (χ3n) is 3.71. The van der Waals surface area contributed by atoms with Crippen molar-refractivity contribution in [3.05, 3.63) is 23.8 Å². The fraction of sp³-hybridized carbons (Fsp3) is 0.467. The highest BCUT2D eigenvalue weighted by Crippen LogP contribution is 2.30. The average Bonchev–Trinajstić information content (AvgIpc) is 2.90. The molecule has 1 aromatic carbocycles. The number of esters is 1. The molecule has 1 saturated heterocycles. The molecule has 1 fully saturated rings. The van der Waals surface area contributed by atoms with Gasteiger partial charge in [0.1, 0.15) is 13.2 Å². The van der Waals surface area contributed by atoms with Crippen molar-refractivity contribution in [3.8, 4) is 11.5 Å². The van der Waals surface area contributed by atoms with Crippen LogP contribution in [-0.2, 0) is 19.4 Å². The van der Waals surface area contributed by atoms with E-state index in [1.54, 1.807) is 6.07 Å². The van der Waals surface area contributed by atoms with Crippen LogP contribution in [0.3, 0.4) is 0 Å². The van der Waals surface area contributed by atoms with Crippen LogP contribution in [0.2, 0.25) is 0 Å². The molecule has 1 N–H and O–H groups in total. The SMILES string of the molecule is O=C(COC(=O)c1ccc2c(c1)OCCO2)NC1CCS(=O)(=O)C1. The van der Waals surface area contributed by atoms with Crippen molar-refractivity contribution in [3.63, 3.8) is 0 Å². The fourth-order valence-electron chi connectivity index (χ4n) is 2.56. The zero-order valence-electron chi connectivity index (χ0n) is 12.8. The molecular formula is C15H17NO7S. The molecule has 0 spiro atoms. The lowest BCUT2D eigenvalue weighted by atomic mass is 10.2. The molecule has 3 rings (SSSR count). The molecule has 0 saturated carbocycles. The second kappa shape index (κ2) is 6.68. The monoisotopic (exact) mass is 355 g/mol. The lowest BCUT2D eigenvalue weighted by Gasteiger charge is -2.18. The highest BCUT2D eigenvalue weighted by Gasteiger charge is 2.29. The summed E-state index contributed by atoms with van der Waals surface area (Å²) in [5, 5.41) is 2.55. The molecule has 24 heavy (non-hydrogen) atoms. The van der Waals surface area contributed by atoms with Crippen LogP contribution < -0.4 is 14.8 Å². The van der Waals surface area contributed by atoms with Gasteiger partial charge in [-0.25, -0.2) is 13.2 Å². The number of benzene rings is 1. The minimum Gasteiger partial charge on any atom is -0.486 e. The predicted molar refractivity (Wildman–Crippen MR) is 82.9 cm³/mol. The first-order chi connectivity index (χ1) is 11.4. The number of hydrogen-bond acceptors (Lipinski definition) is 7. The van der Waals surface area contributed by atoms with Gasteiger partial charge >= 0.3 is 5.97 Å². The minimum absolute atomic E-state index is 0.0644. The van der Waals surface area contributed by atoms with Crippen LogP contribution in [0.15, 0.2) is 18.2 Å². The summed E-state index contributed by atoms with van der Waals surface area (Å²) in [4.78, 5) is 23.7. The fourth-order valence-corrected chi connectivity index (χ4v) is 4.24. The van der Waals surface area contributed by atoms with Crippen LogP contribution in [0.1, 0.15) is 16.8 Å². The summed E-state index contributed by atoms with van der Waals surface area (Å²) >= 11 is 0. The van der Waals surface area contributed by atoms with Crippen LogP contribution in [0.4, 0.5) is 0 Å². The van der Waals surface area contributed by atoms with Crippen LogP contribution >= 0.6 is 0 Å². The van der Waals surface area contributed by atoms with Gasteiger partial charge in [0.25, 0.3) is 5.91 Å². The maximum atomic E-state index is 12.0. The lowest BCUT2D eigenvalue weighted by Crippen LogP contribution is -2.38. The van der Waals surface area contributed by atoms with Gasteiger partial charge in [0.2, 0.25) is 0 Å². The first-order valence-corrected chi connectivity index (χ1v) is 9.32. The Morgan fingerprint density at radius 3 is 2.67 bits per heavy atom. The zero-order chi connectivity index (χ0) is 17.2. The standard InChI is InChI=1S/C15H17NO7S/c17-14(16-11-3-6-24(19,20)9-11)8-23-15(18)10-1-2-12-13(7-10)22-5-4-21-12/h1-2,7,11H,3-6,8-9H2,(H,16,17). The maximum absolute atomic E-state index is 12.0. The quantitative estimate of drug-likeness (QED) is 0.753. The Bertz CT molecular complexity index is 759. The topological polar surface area (TPSA) is 108 Å². The van der Waals surface area contributed by atoms with Crippen molar-refractivity contribution in [2.24, 2.45) is 0 Å². The molecule has 1 aromatic rings. The molecule has 1 atom stereocenters. The number of nitrogens with one attached hydrogen (secondary N) is 1. The number of fused-ring (bicyclic) bond motifs is 1. The summed E-state index contributed by atoms with van der Waals surface area (Å²) in [6.07, 6.45) is 0.379. The van der Waals surface area contributed by atoms with E-state index in [-0.39, 0.29) is 17.1 Å². The van der Waals surface area contributed by atoms with Crippen LogP contribution in [-0.4, -0.2) is 57.7 Å². The summed E-state index contributed by atoms with van der Waals surface area (Å²) in [5.74, 6) is -0.192. The summed E-state index contributed by atoms with van der Waals surface area (Å²) in [6, 6.07) is 4.21. The van der Waals surface area contributed by atoms with Gasteiger partial charge in [0.15, 0.2) is 27.9 Å². The lowest BCUT2D eigenvalue weighted by molar-refractivity contribution is -0.124. The number of sulfone groups is 1. The second-order valence-electron chi connectivity index (χ2n) is 5.60. The largest absolute Gasteiger partial charge is 0.486 e. The highest BCUT2D eigenvalue weighted by molar-refractivity contribution is 7.91. The first-order valence-electron chi connectivity index (χ1n) is 7.49. The van der Waals surface area contributed by atoms with E-state index in [0.29, 0.717) is 31.1 Å². The van der Waals surface area contributed by atoms with E-state index in [1.807, 2.05) is 0 Å². The summed E-state index contributed by atoms with van der Waals surface area (Å²) < 4.78 is 38.3. The Morgan fingerprint density at radius 2 is 1.96 bits per heavy atom. The number of amides is 1. The molecule has 2 aliphatic heterocycles. The Kier molecular flexibility index (Phi) is 4.61. The smallest absolute Gasteiger partial charge is 0.338 e. The molecule has 0 aliphatic carbocycles. The van der Waals surface area contributed by atoms with Gasteiger partial charge < -0.3 is 19.5 Å². The minimum atomic E-state index is -3.07. The molecule has 0 aromatic heterocycles. The molecule has 2 heterocycles. The molecule has 0 radical (unpaired) electrons. The molecule has 8 nitrogen and oxygen atoms in total. The average molecular weight is 355 g/mol. The number of carbonyl (C=O) groups is 2. The maximum Gasteiger partial charge on any atom is 0.338 e. The molecule has 2 aliphatic rings. The van der Waals surface area contributed by atoms with Crippen LogP contribution in [0.25, 0.3) is 0 Å². The van der Waals surface area contributed by atoms with Gasteiger partial charge in [0.05, 0.1) is 17.1 Å². The third-order valence-corrected chi connectivity index (χ3v) is 5.48. The summed E-state index contributed by atoms with van der Waals surface area (Å²) in [6.45, 7) is 0.385. The summed E-state index contributed by atoms with van der Waals surface area (Å²) in [7, 11) is -3.07. The Labute approximate surface area is 139 Å². The number of carbonyl (C=O) groups excluding carboxylic acids is 2. The van der Waals surface area contributed by atoms with E-state index in [0.717, 1.165) is 0 Å². The van der Waals surface area contributed by atoms with Crippen molar-refractivity contribution < 1.29 is 32.2 Å². The number of rotatable bonds is 4. The molecular weight excluding hydrogens is 338 g/mol. The van der Waals surface area contributed by atoms with Gasteiger partial charge in [-0.3, -0.25) is 4.79 Å². The van der Waals surface area contributed by atoms with Gasteiger partial charge in [-0.05, 0) is 24.6 Å². The van der Waals surface area contributed by atoms with E-state index >= 15 is 0 Å². The van der Waals surface area contributed by atoms with E-state index in [2.05, 4.69) is 5.32 Å². The molecule has 9 heteroatoms. The molecule has 0 bridgehead atoms. The van der Waals surface area contributed by atoms with Gasteiger partial charge in [-0.1, -0.05) is 0 Å². The van der Waals surface area contributed by atoms with Gasteiger partial charge in [-0.15, -0.1) is 0 Å². The van der Waals surface area contributed by atoms with Crippen molar-refractivity contribution >= 4 is 21.7 Å². The van der Waals surface area contributed by atoms with Crippen molar-refractivity contribution in [2.75, 3.05) is 31.3 Å². The van der Waals surface area contributed by atoms with Crippen molar-refractivity contribution in [1.29, 1.82) is 0 Å². The molecule has 130 valence electrons. The van der Waals surface area contributed by atoms with Gasteiger partial charge in [0, 0.05) is 6.04 Å². The van der Waals surface area contributed by atoms with Crippen LogP contribution in [0, 0.1) is 0 Å². The van der Waals surface area contributed by atoms with Crippen molar-refractivity contribution in [2.45, 2.75) is 12.5 Å². The third kappa shape index (κ3) is 3.97. The second-order valence-corrected chi connectivity index (χ2v) is 7.83. The zero-order valence-corrected chi connectivity index (χ0v) is 13.6. The van der Waals surface area contributed by atoms with Crippen molar-refractivity contribution in [1.82, 2.24) is 5.32 Å². The number of ether oxygens (including phenoxy) is 3.